The van der Waals surface area contributed by atoms with Gasteiger partial charge in [0.1, 0.15) is 0 Å². The molecule has 2 N–H and O–H groups in total. The number of fused-ring (bicyclic) bond motifs is 1. The maximum atomic E-state index is 6.50. The fourth-order valence-electron chi connectivity index (χ4n) is 2.95. The van der Waals surface area contributed by atoms with Crippen LogP contribution in [0.3, 0.4) is 0 Å². The molecule has 104 valence electrons. The quantitative estimate of drug-likeness (QED) is 0.857. The molecule has 2 atom stereocenters. The first-order chi connectivity index (χ1) is 9.66. The Morgan fingerprint density at radius 2 is 2.20 bits per heavy atom. The molecule has 0 amide bonds. The largest absolute Gasteiger partial charge is 0.323 e. The number of benzene rings is 1. The van der Waals surface area contributed by atoms with Gasteiger partial charge in [-0.1, -0.05) is 23.7 Å². The van der Waals surface area contributed by atoms with Crippen LogP contribution >= 0.6 is 27.5 Å². The summed E-state index contributed by atoms with van der Waals surface area (Å²) in [5.74, 6) is 0.285. The van der Waals surface area contributed by atoms with E-state index in [2.05, 4.69) is 27.0 Å². The first kappa shape index (κ1) is 14.1. The van der Waals surface area contributed by atoms with Crippen molar-refractivity contribution in [3.63, 3.8) is 0 Å². The summed E-state index contributed by atoms with van der Waals surface area (Å²) in [6, 6.07) is 10.0. The maximum absolute atomic E-state index is 6.50. The first-order valence-corrected chi connectivity index (χ1v) is 7.98. The highest BCUT2D eigenvalue weighted by Crippen LogP contribution is 2.39. The van der Waals surface area contributed by atoms with Crippen molar-refractivity contribution in [3.05, 3.63) is 62.8 Å². The Morgan fingerprint density at radius 3 is 3.00 bits per heavy atom. The van der Waals surface area contributed by atoms with Crippen molar-refractivity contribution in [2.45, 2.75) is 31.2 Å². The van der Waals surface area contributed by atoms with Crippen LogP contribution in [0, 0.1) is 0 Å². The second kappa shape index (κ2) is 5.84. The van der Waals surface area contributed by atoms with Gasteiger partial charge in [-0.2, -0.15) is 0 Å². The number of nitrogens with two attached hydrogens (primary N) is 1. The summed E-state index contributed by atoms with van der Waals surface area (Å²) < 4.78 is 0.893. The minimum atomic E-state index is -0.0440. The number of halogens is 2. The van der Waals surface area contributed by atoms with Gasteiger partial charge in [0.05, 0.1) is 5.02 Å². The molecule has 1 aromatic heterocycles. The molecular weight excluding hydrogens is 336 g/mol. The van der Waals surface area contributed by atoms with Gasteiger partial charge in [0, 0.05) is 28.3 Å². The zero-order chi connectivity index (χ0) is 14.1. The zero-order valence-corrected chi connectivity index (χ0v) is 13.4. The normalized spacial score (nSPS) is 19.4. The van der Waals surface area contributed by atoms with Crippen molar-refractivity contribution < 1.29 is 0 Å². The van der Waals surface area contributed by atoms with Crippen LogP contribution < -0.4 is 5.73 Å². The van der Waals surface area contributed by atoms with Crippen LogP contribution in [-0.4, -0.2) is 4.98 Å². The van der Waals surface area contributed by atoms with Gasteiger partial charge >= 0.3 is 0 Å². The molecule has 1 aromatic carbocycles. The van der Waals surface area contributed by atoms with Crippen molar-refractivity contribution in [2.75, 3.05) is 0 Å². The topological polar surface area (TPSA) is 38.9 Å². The Bertz CT molecular complexity index is 630. The van der Waals surface area contributed by atoms with Crippen LogP contribution in [0.4, 0.5) is 0 Å². The van der Waals surface area contributed by atoms with Crippen LogP contribution in [0.25, 0.3) is 0 Å². The average Bonchev–Trinajstić information content (AvgIpc) is 2.49. The number of hydrogen-bond acceptors (Lipinski definition) is 2. The second-order valence-electron chi connectivity index (χ2n) is 5.25. The third kappa shape index (κ3) is 2.62. The first-order valence-electron chi connectivity index (χ1n) is 6.81. The van der Waals surface area contributed by atoms with E-state index in [0.717, 1.165) is 28.6 Å². The zero-order valence-electron chi connectivity index (χ0n) is 11.0. The molecule has 0 bridgehead atoms. The molecule has 0 spiro atoms. The second-order valence-corrected chi connectivity index (χ2v) is 6.51. The molecule has 2 nitrogen and oxygen atoms in total. The molecule has 1 aliphatic carbocycles. The Labute approximate surface area is 132 Å². The molecule has 0 saturated carbocycles. The minimum Gasteiger partial charge on any atom is -0.323 e. The Morgan fingerprint density at radius 1 is 1.35 bits per heavy atom. The van der Waals surface area contributed by atoms with Crippen molar-refractivity contribution in [1.82, 2.24) is 4.98 Å². The highest BCUT2D eigenvalue weighted by atomic mass is 79.9. The van der Waals surface area contributed by atoms with Crippen LogP contribution in [0.1, 0.15) is 41.6 Å². The van der Waals surface area contributed by atoms with Crippen molar-refractivity contribution >= 4 is 27.5 Å². The number of nitrogens with zero attached hydrogens (tertiary/aromatic N) is 1. The third-order valence-electron chi connectivity index (χ3n) is 4.00. The molecule has 2 aromatic rings. The Balaban J connectivity index is 1.95. The van der Waals surface area contributed by atoms with Crippen LogP contribution in [0.15, 0.2) is 41.0 Å². The van der Waals surface area contributed by atoms with E-state index in [4.69, 9.17) is 17.3 Å². The Hall–Kier alpha value is -0.900. The van der Waals surface area contributed by atoms with Gasteiger partial charge in [0.15, 0.2) is 0 Å². The van der Waals surface area contributed by atoms with E-state index in [1.54, 1.807) is 0 Å². The van der Waals surface area contributed by atoms with Gasteiger partial charge < -0.3 is 5.73 Å². The number of pyridine rings is 1. The van der Waals surface area contributed by atoms with E-state index in [9.17, 15) is 0 Å². The minimum absolute atomic E-state index is 0.0440. The highest BCUT2D eigenvalue weighted by molar-refractivity contribution is 9.10. The monoisotopic (exact) mass is 350 g/mol. The summed E-state index contributed by atoms with van der Waals surface area (Å²) in [6.07, 6.45) is 5.23. The lowest BCUT2D eigenvalue weighted by molar-refractivity contribution is 0.462. The molecule has 4 heteroatoms. The van der Waals surface area contributed by atoms with Crippen LogP contribution in [0.5, 0.6) is 0 Å². The van der Waals surface area contributed by atoms with E-state index >= 15 is 0 Å². The standard InChI is InChI=1S/C16H16BrClN2/c17-13-9-11(6-7-14(13)18)15(19)12-5-1-3-10-4-2-8-20-16(10)12/h2,4,6-9,12,15H,1,3,5,19H2. The summed E-state index contributed by atoms with van der Waals surface area (Å²) in [6.45, 7) is 0. The van der Waals surface area contributed by atoms with E-state index in [1.807, 2.05) is 30.5 Å². The van der Waals surface area contributed by atoms with E-state index in [1.165, 1.54) is 12.0 Å². The molecule has 0 fully saturated rings. The third-order valence-corrected chi connectivity index (χ3v) is 5.21. The van der Waals surface area contributed by atoms with Gasteiger partial charge in [-0.15, -0.1) is 0 Å². The lowest BCUT2D eigenvalue weighted by Gasteiger charge is -2.29. The molecule has 2 unspecified atom stereocenters. The Kier molecular flexibility index (Phi) is 4.11. The van der Waals surface area contributed by atoms with Gasteiger partial charge in [-0.25, -0.2) is 0 Å². The SMILES string of the molecule is NC(c1ccc(Cl)c(Br)c1)C1CCCc2cccnc21. The maximum Gasteiger partial charge on any atom is 0.0548 e. The van der Waals surface area contributed by atoms with E-state index in [-0.39, 0.29) is 12.0 Å². The summed E-state index contributed by atoms with van der Waals surface area (Å²) in [5, 5.41) is 0.711. The average molecular weight is 352 g/mol. The number of aromatic nitrogens is 1. The molecule has 1 aliphatic rings. The van der Waals surface area contributed by atoms with Crippen molar-refractivity contribution in [2.24, 2.45) is 5.73 Å². The van der Waals surface area contributed by atoms with E-state index in [0.29, 0.717) is 5.02 Å². The van der Waals surface area contributed by atoms with E-state index < -0.39 is 0 Å². The molecule has 1 heterocycles. The highest BCUT2D eigenvalue weighted by Gasteiger charge is 2.27. The van der Waals surface area contributed by atoms with Gasteiger partial charge in [0.2, 0.25) is 0 Å². The predicted molar refractivity (Wildman–Crippen MR) is 86.0 cm³/mol. The summed E-state index contributed by atoms with van der Waals surface area (Å²) in [5.41, 5.74) is 10.1. The number of hydrogen-bond donors (Lipinski definition) is 1. The summed E-state index contributed by atoms with van der Waals surface area (Å²) in [7, 11) is 0. The molecular formula is C16H16BrClN2. The smallest absolute Gasteiger partial charge is 0.0548 e. The lowest BCUT2D eigenvalue weighted by Crippen LogP contribution is -2.24. The number of aryl methyl sites for hydroxylation is 1. The predicted octanol–water partition coefficient (Wildman–Crippen LogP) is 4.62. The fraction of sp³-hybridized carbons (Fsp3) is 0.312. The van der Waals surface area contributed by atoms with Gasteiger partial charge in [-0.3, -0.25) is 4.98 Å². The number of rotatable bonds is 2. The fourth-order valence-corrected chi connectivity index (χ4v) is 3.46. The molecule has 3 rings (SSSR count). The lowest BCUT2D eigenvalue weighted by atomic mass is 9.80. The summed E-state index contributed by atoms with van der Waals surface area (Å²) >= 11 is 9.52. The van der Waals surface area contributed by atoms with Crippen molar-refractivity contribution in [1.29, 1.82) is 0 Å². The van der Waals surface area contributed by atoms with Crippen molar-refractivity contribution in [3.8, 4) is 0 Å². The van der Waals surface area contributed by atoms with Crippen LogP contribution in [0.2, 0.25) is 5.02 Å². The van der Waals surface area contributed by atoms with Gasteiger partial charge in [0.25, 0.3) is 0 Å². The molecule has 20 heavy (non-hydrogen) atoms. The van der Waals surface area contributed by atoms with Gasteiger partial charge in [-0.05, 0) is 64.5 Å². The molecule has 0 saturated heterocycles. The summed E-state index contributed by atoms with van der Waals surface area (Å²) in [4.78, 5) is 4.57. The molecule has 0 aliphatic heterocycles. The molecule has 0 radical (unpaired) electrons. The van der Waals surface area contributed by atoms with Crippen LogP contribution in [-0.2, 0) is 6.42 Å².